The molecule has 28 heavy (non-hydrogen) atoms. The van der Waals surface area contributed by atoms with Gasteiger partial charge in [-0.05, 0) is 67.2 Å². The van der Waals surface area contributed by atoms with Crippen molar-refractivity contribution < 1.29 is 0 Å². The standard InChI is InChI=1S/C14H16BN.C8H8N2.C2H6/c1-10(2)12-5-3-4-11-8-14-15(6-7-16-14)9-13(11)12;1-6-4-7-2-3-9-8(7)10-5-6;1-2/h3-7,14,16H,1,8-9H2,2H3;2-5H,1H3,(H,9,10);1-2H3. The van der Waals surface area contributed by atoms with Crippen molar-refractivity contribution in [2.45, 2.75) is 46.4 Å². The van der Waals surface area contributed by atoms with Crippen LogP contribution in [0.25, 0.3) is 16.6 Å². The van der Waals surface area contributed by atoms with E-state index < -0.39 is 0 Å². The van der Waals surface area contributed by atoms with E-state index >= 15 is 0 Å². The van der Waals surface area contributed by atoms with Gasteiger partial charge in [-0.3, -0.25) is 0 Å². The zero-order chi connectivity index (χ0) is 20.1. The SMILES string of the molecule is C=C(C)c1cccc2c1CB1C=CNC1C2.CC.Cc1cnc2[nH]ccc2c1. The second-order valence-corrected chi connectivity index (χ2v) is 7.36. The summed E-state index contributed by atoms with van der Waals surface area (Å²) >= 11 is 0. The second-order valence-electron chi connectivity index (χ2n) is 7.36. The Kier molecular flexibility index (Phi) is 6.40. The lowest BCUT2D eigenvalue weighted by Gasteiger charge is -2.27. The maximum atomic E-state index is 4.19. The van der Waals surface area contributed by atoms with Crippen LogP contribution in [0, 0.1) is 6.92 Å². The molecule has 3 aromatic rings. The average Bonchev–Trinajstić information content (AvgIpc) is 3.35. The predicted octanol–water partition coefficient (Wildman–Crippen LogP) is 5.31. The van der Waals surface area contributed by atoms with Crippen LogP contribution in [-0.2, 0) is 12.7 Å². The molecule has 0 amide bonds. The molecule has 2 aliphatic rings. The number of aromatic nitrogens is 2. The minimum absolute atomic E-state index is 0.618. The van der Waals surface area contributed by atoms with E-state index in [0.717, 1.165) is 18.4 Å². The summed E-state index contributed by atoms with van der Waals surface area (Å²) in [6.07, 6.45) is 8.18. The summed E-state index contributed by atoms with van der Waals surface area (Å²) in [4.78, 5) is 7.22. The van der Waals surface area contributed by atoms with Gasteiger partial charge >= 0.3 is 0 Å². The molecule has 4 heteroatoms. The van der Waals surface area contributed by atoms with Gasteiger partial charge in [-0.2, -0.15) is 0 Å². The molecule has 0 radical (unpaired) electrons. The van der Waals surface area contributed by atoms with Gasteiger partial charge in [0.05, 0.1) is 0 Å². The Balaban J connectivity index is 0.000000161. The Morgan fingerprint density at radius 2 is 2.07 bits per heavy atom. The first kappa shape index (κ1) is 20.0. The van der Waals surface area contributed by atoms with Crippen LogP contribution in [0.5, 0.6) is 0 Å². The number of H-pyrrole nitrogens is 1. The number of aromatic amines is 1. The topological polar surface area (TPSA) is 40.7 Å². The maximum absolute atomic E-state index is 4.19. The van der Waals surface area contributed by atoms with E-state index in [9.17, 15) is 0 Å². The van der Waals surface area contributed by atoms with Crippen LogP contribution in [0.15, 0.2) is 61.5 Å². The monoisotopic (exact) mass is 371 g/mol. The summed E-state index contributed by atoms with van der Waals surface area (Å²) in [6, 6.07) is 10.8. The van der Waals surface area contributed by atoms with E-state index in [-0.39, 0.29) is 0 Å². The quantitative estimate of drug-likeness (QED) is 0.569. The minimum Gasteiger partial charge on any atom is -0.396 e. The van der Waals surface area contributed by atoms with Gasteiger partial charge in [0.2, 0.25) is 0 Å². The first-order valence-corrected chi connectivity index (χ1v) is 10.2. The molecule has 2 N–H and O–H groups in total. The van der Waals surface area contributed by atoms with Gasteiger partial charge in [0, 0.05) is 23.7 Å². The molecule has 1 unspecified atom stereocenters. The van der Waals surface area contributed by atoms with Gasteiger partial charge < -0.3 is 10.3 Å². The number of rotatable bonds is 1. The smallest absolute Gasteiger partial charge is 0.198 e. The molecule has 0 saturated carbocycles. The molecule has 3 nitrogen and oxygen atoms in total. The summed E-state index contributed by atoms with van der Waals surface area (Å²) in [5.74, 6) is 2.93. The fraction of sp³-hybridized carbons (Fsp3) is 0.292. The molecule has 0 aliphatic carbocycles. The Morgan fingerprint density at radius 1 is 1.25 bits per heavy atom. The molecule has 1 aromatic carbocycles. The normalized spacial score (nSPS) is 16.1. The number of aryl methyl sites for hydroxylation is 1. The van der Waals surface area contributed by atoms with Gasteiger partial charge in [-0.1, -0.05) is 50.2 Å². The number of hydrogen-bond acceptors (Lipinski definition) is 2. The van der Waals surface area contributed by atoms with Gasteiger partial charge in [0.1, 0.15) is 5.65 Å². The van der Waals surface area contributed by atoms with E-state index in [2.05, 4.69) is 65.2 Å². The van der Waals surface area contributed by atoms with Crippen molar-refractivity contribution in [2.24, 2.45) is 0 Å². The Morgan fingerprint density at radius 3 is 2.86 bits per heavy atom. The van der Waals surface area contributed by atoms with Gasteiger partial charge in [-0.15, -0.1) is 0 Å². The molecule has 0 fully saturated rings. The van der Waals surface area contributed by atoms with Crippen LogP contribution in [0.3, 0.4) is 0 Å². The highest BCUT2D eigenvalue weighted by Gasteiger charge is 2.32. The van der Waals surface area contributed by atoms with E-state index in [4.69, 9.17) is 0 Å². The fourth-order valence-corrected chi connectivity index (χ4v) is 3.97. The van der Waals surface area contributed by atoms with Crippen molar-refractivity contribution in [2.75, 3.05) is 0 Å². The van der Waals surface area contributed by atoms with E-state index in [1.165, 1.54) is 33.2 Å². The van der Waals surface area contributed by atoms with Crippen LogP contribution in [0.4, 0.5) is 0 Å². The van der Waals surface area contributed by atoms with Gasteiger partial charge in [0.15, 0.2) is 6.71 Å². The number of nitrogens with zero attached hydrogens (tertiary/aromatic N) is 1. The largest absolute Gasteiger partial charge is 0.396 e. The number of fused-ring (bicyclic) bond motifs is 3. The Bertz CT molecular complexity index is 986. The van der Waals surface area contributed by atoms with E-state index in [0.29, 0.717) is 12.7 Å². The summed E-state index contributed by atoms with van der Waals surface area (Å²) in [5, 5.41) is 4.63. The number of hydrogen-bond donors (Lipinski definition) is 2. The van der Waals surface area contributed by atoms with Crippen LogP contribution < -0.4 is 5.32 Å². The molecule has 4 heterocycles. The lowest BCUT2D eigenvalue weighted by molar-refractivity contribution is 0.738. The average molecular weight is 371 g/mol. The van der Waals surface area contributed by atoms with Crippen molar-refractivity contribution in [3.63, 3.8) is 0 Å². The molecule has 5 rings (SSSR count). The van der Waals surface area contributed by atoms with Crippen molar-refractivity contribution in [3.8, 4) is 0 Å². The first-order chi connectivity index (χ1) is 13.6. The number of nitrogens with one attached hydrogen (secondary N) is 2. The summed E-state index contributed by atoms with van der Waals surface area (Å²) in [5.41, 5.74) is 7.72. The maximum Gasteiger partial charge on any atom is 0.198 e. The minimum atomic E-state index is 0.618. The molecule has 0 bridgehead atoms. The van der Waals surface area contributed by atoms with Crippen molar-refractivity contribution in [1.82, 2.24) is 15.3 Å². The molecule has 2 aromatic heterocycles. The Labute approximate surface area is 169 Å². The zero-order valence-corrected chi connectivity index (χ0v) is 17.4. The molecule has 144 valence electrons. The van der Waals surface area contributed by atoms with Crippen molar-refractivity contribution >= 4 is 23.3 Å². The van der Waals surface area contributed by atoms with E-state index in [1.54, 1.807) is 0 Å². The third-order valence-corrected chi connectivity index (χ3v) is 5.32. The summed E-state index contributed by atoms with van der Waals surface area (Å²) in [6.45, 7) is 12.9. The van der Waals surface area contributed by atoms with Gasteiger partial charge in [0.25, 0.3) is 0 Å². The molecular formula is C24H30BN3. The third-order valence-electron chi connectivity index (χ3n) is 5.32. The summed E-state index contributed by atoms with van der Waals surface area (Å²) < 4.78 is 0. The van der Waals surface area contributed by atoms with Crippen LogP contribution in [-0.4, -0.2) is 22.6 Å². The molecule has 1 atom stereocenters. The number of pyridine rings is 1. The fourth-order valence-electron chi connectivity index (χ4n) is 3.97. The highest BCUT2D eigenvalue weighted by molar-refractivity contribution is 6.66. The molecule has 0 spiro atoms. The number of benzene rings is 1. The van der Waals surface area contributed by atoms with Crippen LogP contribution in [0.2, 0.25) is 0 Å². The highest BCUT2D eigenvalue weighted by Crippen LogP contribution is 2.29. The molecule has 2 aliphatic heterocycles. The van der Waals surface area contributed by atoms with Crippen LogP contribution in [0.1, 0.15) is 43.0 Å². The molecule has 0 saturated heterocycles. The van der Waals surface area contributed by atoms with Crippen molar-refractivity contribution in [1.29, 1.82) is 0 Å². The molecular weight excluding hydrogens is 341 g/mol. The third kappa shape index (κ3) is 4.22. The van der Waals surface area contributed by atoms with Crippen molar-refractivity contribution in [3.05, 3.63) is 83.7 Å². The second kappa shape index (κ2) is 8.96. The van der Waals surface area contributed by atoms with E-state index in [1.807, 2.05) is 39.2 Å². The predicted molar refractivity (Wildman–Crippen MR) is 123 cm³/mol. The zero-order valence-electron chi connectivity index (χ0n) is 17.4. The van der Waals surface area contributed by atoms with Gasteiger partial charge in [-0.25, -0.2) is 4.98 Å². The Hall–Kier alpha value is -2.75. The van der Waals surface area contributed by atoms with Crippen LogP contribution >= 0.6 is 0 Å². The summed E-state index contributed by atoms with van der Waals surface area (Å²) in [7, 11) is 0. The first-order valence-electron chi connectivity index (χ1n) is 10.2. The number of allylic oxidation sites excluding steroid dienone is 1. The lowest BCUT2D eigenvalue weighted by atomic mass is 9.39. The lowest BCUT2D eigenvalue weighted by Crippen LogP contribution is -2.42. The highest BCUT2D eigenvalue weighted by atomic mass is 14.9.